The Morgan fingerprint density at radius 1 is 1.26 bits per heavy atom. The molecule has 0 aliphatic heterocycles. The molecule has 0 saturated carbocycles. The normalized spacial score (nSPS) is 11.8. The molecule has 1 rings (SSSR count). The molecule has 4 heteroatoms. The molecule has 0 bridgehead atoms. The molecule has 0 N–H and O–H groups in total. The lowest BCUT2D eigenvalue weighted by molar-refractivity contribution is -0.153. The molecule has 1 unspecified atom stereocenters. The van der Waals surface area contributed by atoms with Gasteiger partial charge in [0.15, 0.2) is 0 Å². The van der Waals surface area contributed by atoms with E-state index in [0.717, 1.165) is 5.56 Å². The topological polar surface area (TPSA) is 46.6 Å². The molecule has 104 valence electrons. The minimum Gasteiger partial charge on any atom is -0.468 e. The van der Waals surface area contributed by atoms with Crippen molar-refractivity contribution in [3.8, 4) is 0 Å². The van der Waals surface area contributed by atoms with Crippen LogP contribution in [0.1, 0.15) is 24.5 Å². The summed E-state index contributed by atoms with van der Waals surface area (Å²) < 4.78 is 4.65. The van der Waals surface area contributed by atoms with Crippen molar-refractivity contribution in [2.24, 2.45) is 5.92 Å². The van der Waals surface area contributed by atoms with Gasteiger partial charge >= 0.3 is 5.97 Å². The largest absolute Gasteiger partial charge is 0.468 e. The van der Waals surface area contributed by atoms with E-state index < -0.39 is 11.9 Å². The number of amides is 1. The summed E-state index contributed by atoms with van der Waals surface area (Å²) in [5.41, 5.74) is 2.22. The Bertz CT molecular complexity index is 439. The van der Waals surface area contributed by atoms with Crippen LogP contribution in [-0.2, 0) is 20.9 Å². The summed E-state index contributed by atoms with van der Waals surface area (Å²) >= 11 is 0. The summed E-state index contributed by atoms with van der Waals surface area (Å²) in [6, 6.07) is 7.98. The van der Waals surface area contributed by atoms with Crippen molar-refractivity contribution in [3.05, 3.63) is 35.4 Å². The van der Waals surface area contributed by atoms with Crippen LogP contribution in [0, 0.1) is 12.8 Å². The Morgan fingerprint density at radius 2 is 1.84 bits per heavy atom. The van der Waals surface area contributed by atoms with Crippen molar-refractivity contribution in [2.45, 2.75) is 26.8 Å². The molecule has 0 aromatic heterocycles. The lowest BCUT2D eigenvalue weighted by atomic mass is 10.0. The number of rotatable bonds is 5. The molecule has 1 aromatic rings. The molecule has 19 heavy (non-hydrogen) atoms. The Labute approximate surface area is 114 Å². The van der Waals surface area contributed by atoms with Gasteiger partial charge in [-0.15, -0.1) is 0 Å². The molecule has 0 spiro atoms. The van der Waals surface area contributed by atoms with E-state index in [9.17, 15) is 9.59 Å². The average molecular weight is 263 g/mol. The first-order valence-corrected chi connectivity index (χ1v) is 6.38. The number of aryl methyl sites for hydroxylation is 1. The Morgan fingerprint density at radius 3 is 2.32 bits per heavy atom. The third kappa shape index (κ3) is 4.09. The van der Waals surface area contributed by atoms with Crippen molar-refractivity contribution >= 4 is 11.9 Å². The molecule has 1 atom stereocenters. The van der Waals surface area contributed by atoms with Gasteiger partial charge in [-0.25, -0.2) is 0 Å². The molecule has 0 saturated heterocycles. The highest BCUT2D eigenvalue weighted by atomic mass is 16.5. The van der Waals surface area contributed by atoms with Crippen LogP contribution < -0.4 is 0 Å². The van der Waals surface area contributed by atoms with Gasteiger partial charge in [0.2, 0.25) is 5.91 Å². The van der Waals surface area contributed by atoms with Crippen molar-refractivity contribution in [1.82, 2.24) is 4.90 Å². The molecule has 0 radical (unpaired) electrons. The SMILES string of the molecule is CCC(C(=O)OC)C(=O)N(C)Cc1ccc(C)cc1. The van der Waals surface area contributed by atoms with Crippen molar-refractivity contribution in [2.75, 3.05) is 14.2 Å². The zero-order valence-corrected chi connectivity index (χ0v) is 12.0. The number of nitrogens with zero attached hydrogens (tertiary/aromatic N) is 1. The van der Waals surface area contributed by atoms with E-state index in [0.29, 0.717) is 13.0 Å². The third-order valence-corrected chi connectivity index (χ3v) is 3.11. The smallest absolute Gasteiger partial charge is 0.318 e. The van der Waals surface area contributed by atoms with E-state index in [1.165, 1.54) is 12.7 Å². The highest BCUT2D eigenvalue weighted by Gasteiger charge is 2.28. The Balaban J connectivity index is 2.71. The Kier molecular flexibility index (Phi) is 5.55. The zero-order chi connectivity index (χ0) is 14.4. The van der Waals surface area contributed by atoms with Crippen molar-refractivity contribution in [1.29, 1.82) is 0 Å². The van der Waals surface area contributed by atoms with Crippen LogP contribution >= 0.6 is 0 Å². The maximum Gasteiger partial charge on any atom is 0.318 e. The van der Waals surface area contributed by atoms with Gasteiger partial charge in [0.25, 0.3) is 0 Å². The number of carbonyl (C=O) groups excluding carboxylic acids is 2. The van der Waals surface area contributed by atoms with Gasteiger partial charge in [-0.2, -0.15) is 0 Å². The molecule has 0 heterocycles. The molecule has 1 aromatic carbocycles. The summed E-state index contributed by atoms with van der Waals surface area (Å²) in [6.07, 6.45) is 0.448. The van der Waals surface area contributed by atoms with E-state index in [-0.39, 0.29) is 5.91 Å². The van der Waals surface area contributed by atoms with Crippen LogP contribution in [0.3, 0.4) is 0 Å². The minimum atomic E-state index is -0.708. The van der Waals surface area contributed by atoms with Crippen LogP contribution in [-0.4, -0.2) is 30.9 Å². The quantitative estimate of drug-likeness (QED) is 0.604. The number of hydrogen-bond donors (Lipinski definition) is 0. The van der Waals surface area contributed by atoms with Crippen LogP contribution in [0.15, 0.2) is 24.3 Å². The van der Waals surface area contributed by atoms with E-state index in [1.807, 2.05) is 31.2 Å². The summed E-state index contributed by atoms with van der Waals surface area (Å²) in [4.78, 5) is 25.3. The van der Waals surface area contributed by atoms with Crippen molar-refractivity contribution in [3.63, 3.8) is 0 Å². The first kappa shape index (κ1) is 15.2. The summed E-state index contributed by atoms with van der Waals surface area (Å²) in [7, 11) is 3.01. The second kappa shape index (κ2) is 6.92. The van der Waals surface area contributed by atoms with Crippen LogP contribution in [0.2, 0.25) is 0 Å². The van der Waals surface area contributed by atoms with Gasteiger partial charge in [0.1, 0.15) is 5.92 Å². The molecule has 0 aliphatic rings. The number of carbonyl (C=O) groups is 2. The highest BCUT2D eigenvalue weighted by molar-refractivity contribution is 5.97. The molecule has 4 nitrogen and oxygen atoms in total. The van der Waals surface area contributed by atoms with Crippen LogP contribution in [0.4, 0.5) is 0 Å². The van der Waals surface area contributed by atoms with E-state index in [1.54, 1.807) is 18.9 Å². The number of hydrogen-bond acceptors (Lipinski definition) is 3. The summed E-state index contributed by atoms with van der Waals surface area (Å²) in [5.74, 6) is -1.38. The molecule has 0 aliphatic carbocycles. The standard InChI is InChI=1S/C15H21NO3/c1-5-13(15(18)19-4)14(17)16(3)10-12-8-6-11(2)7-9-12/h6-9,13H,5,10H2,1-4H3. The van der Waals surface area contributed by atoms with Crippen molar-refractivity contribution < 1.29 is 14.3 Å². The lowest BCUT2D eigenvalue weighted by Crippen LogP contribution is -2.36. The second-order valence-corrected chi connectivity index (χ2v) is 4.66. The average Bonchev–Trinajstić information content (AvgIpc) is 2.41. The van der Waals surface area contributed by atoms with E-state index in [2.05, 4.69) is 4.74 Å². The van der Waals surface area contributed by atoms with Gasteiger partial charge in [-0.3, -0.25) is 9.59 Å². The number of benzene rings is 1. The predicted octanol–water partition coefficient (Wildman–Crippen LogP) is 2.15. The minimum absolute atomic E-state index is 0.199. The summed E-state index contributed by atoms with van der Waals surface area (Å²) in [5, 5.41) is 0. The Hall–Kier alpha value is -1.84. The number of methoxy groups -OCH3 is 1. The molecular formula is C15H21NO3. The fourth-order valence-electron chi connectivity index (χ4n) is 1.90. The summed E-state index contributed by atoms with van der Waals surface area (Å²) in [6.45, 7) is 4.31. The monoisotopic (exact) mass is 263 g/mol. The number of esters is 1. The zero-order valence-electron chi connectivity index (χ0n) is 12.0. The second-order valence-electron chi connectivity index (χ2n) is 4.66. The maximum atomic E-state index is 12.2. The van der Waals surface area contributed by atoms with Gasteiger partial charge in [0, 0.05) is 13.6 Å². The highest BCUT2D eigenvalue weighted by Crippen LogP contribution is 2.12. The van der Waals surface area contributed by atoms with Crippen LogP contribution in [0.5, 0.6) is 0 Å². The first-order chi connectivity index (χ1) is 8.99. The maximum absolute atomic E-state index is 12.2. The molecule has 0 fully saturated rings. The molecular weight excluding hydrogens is 242 g/mol. The van der Waals surface area contributed by atoms with Gasteiger partial charge in [-0.05, 0) is 18.9 Å². The predicted molar refractivity (Wildman–Crippen MR) is 73.5 cm³/mol. The van der Waals surface area contributed by atoms with Crippen LogP contribution in [0.25, 0.3) is 0 Å². The number of ether oxygens (including phenoxy) is 1. The molecule has 1 amide bonds. The fourth-order valence-corrected chi connectivity index (χ4v) is 1.90. The van der Waals surface area contributed by atoms with E-state index >= 15 is 0 Å². The van der Waals surface area contributed by atoms with Gasteiger partial charge in [-0.1, -0.05) is 36.8 Å². The van der Waals surface area contributed by atoms with Gasteiger partial charge < -0.3 is 9.64 Å². The fraction of sp³-hybridized carbons (Fsp3) is 0.467. The lowest BCUT2D eigenvalue weighted by Gasteiger charge is -2.21. The first-order valence-electron chi connectivity index (χ1n) is 6.38. The van der Waals surface area contributed by atoms with Gasteiger partial charge in [0.05, 0.1) is 7.11 Å². The van der Waals surface area contributed by atoms with E-state index in [4.69, 9.17) is 0 Å². The third-order valence-electron chi connectivity index (χ3n) is 3.11.